The summed E-state index contributed by atoms with van der Waals surface area (Å²) in [6.07, 6.45) is 2.27. The fourth-order valence-electron chi connectivity index (χ4n) is 3.68. The molecule has 6 heteroatoms. The Kier molecular flexibility index (Phi) is 3.07. The summed E-state index contributed by atoms with van der Waals surface area (Å²) in [4.78, 5) is 49.1. The van der Waals surface area contributed by atoms with Crippen LogP contribution in [0.15, 0.2) is 12.1 Å². The van der Waals surface area contributed by atoms with Gasteiger partial charge in [-0.25, -0.2) is 0 Å². The third-order valence-corrected chi connectivity index (χ3v) is 4.90. The average molecular weight is 312 g/mol. The molecule has 0 radical (unpaired) electrons. The Morgan fingerprint density at radius 1 is 0.957 bits per heavy atom. The summed E-state index contributed by atoms with van der Waals surface area (Å²) in [6, 6.07) is 3.22. The van der Waals surface area contributed by atoms with E-state index in [2.05, 4.69) is 5.32 Å². The molecule has 23 heavy (non-hydrogen) atoms. The maximum Gasteiger partial charge on any atom is 0.255 e. The molecule has 1 aliphatic carbocycles. The van der Waals surface area contributed by atoms with Gasteiger partial charge in [0, 0.05) is 31.4 Å². The molecular weight excluding hydrogens is 296 g/mol. The van der Waals surface area contributed by atoms with Crippen molar-refractivity contribution < 1.29 is 19.2 Å². The lowest BCUT2D eigenvalue weighted by Gasteiger charge is -2.29. The van der Waals surface area contributed by atoms with Gasteiger partial charge in [-0.3, -0.25) is 24.5 Å². The highest BCUT2D eigenvalue weighted by Gasteiger charge is 2.39. The number of piperidine rings is 1. The number of carbonyl (C=O) groups is 4. The van der Waals surface area contributed by atoms with Crippen molar-refractivity contribution in [2.75, 3.05) is 0 Å². The van der Waals surface area contributed by atoms with Crippen molar-refractivity contribution >= 4 is 23.5 Å². The molecule has 2 heterocycles. The van der Waals surface area contributed by atoms with Crippen LogP contribution in [-0.4, -0.2) is 34.4 Å². The number of nitrogens with zero attached hydrogens (tertiary/aromatic N) is 1. The van der Waals surface area contributed by atoms with Crippen molar-refractivity contribution in [2.45, 2.75) is 44.7 Å². The molecule has 0 spiro atoms. The topological polar surface area (TPSA) is 83.6 Å². The van der Waals surface area contributed by atoms with E-state index in [1.165, 1.54) is 0 Å². The van der Waals surface area contributed by atoms with Gasteiger partial charge < -0.3 is 4.90 Å². The van der Waals surface area contributed by atoms with E-state index in [4.69, 9.17) is 0 Å². The predicted octanol–water partition coefficient (Wildman–Crippen LogP) is 0.505. The first-order valence-corrected chi connectivity index (χ1v) is 7.84. The van der Waals surface area contributed by atoms with Crippen molar-refractivity contribution in [3.8, 4) is 0 Å². The van der Waals surface area contributed by atoms with Crippen LogP contribution in [-0.2, 0) is 33.8 Å². The fourth-order valence-corrected chi connectivity index (χ4v) is 3.68. The number of benzene rings is 1. The van der Waals surface area contributed by atoms with Gasteiger partial charge in [0.15, 0.2) is 0 Å². The lowest BCUT2D eigenvalue weighted by molar-refractivity contribution is -0.137. The summed E-state index contributed by atoms with van der Waals surface area (Å²) in [7, 11) is 0. The molecule has 118 valence electrons. The Morgan fingerprint density at radius 3 is 2.57 bits per heavy atom. The van der Waals surface area contributed by atoms with Crippen molar-refractivity contribution in [3.05, 3.63) is 34.4 Å². The monoisotopic (exact) mass is 312 g/mol. The SMILES string of the molecule is O=C1CCc2cc3c(cc2C1)C(=O)N([C@@H]1CCC(=O)NC1=O)C3. The Morgan fingerprint density at radius 2 is 1.78 bits per heavy atom. The van der Waals surface area contributed by atoms with E-state index in [-0.39, 0.29) is 24.0 Å². The number of amides is 3. The van der Waals surface area contributed by atoms with E-state index in [1.54, 1.807) is 4.90 Å². The Balaban J connectivity index is 1.64. The minimum absolute atomic E-state index is 0.185. The molecule has 1 aromatic carbocycles. The third kappa shape index (κ3) is 2.25. The average Bonchev–Trinajstić information content (AvgIpc) is 2.82. The van der Waals surface area contributed by atoms with Crippen LogP contribution in [0.3, 0.4) is 0 Å². The number of rotatable bonds is 1. The fraction of sp³-hybridized carbons (Fsp3) is 0.412. The highest BCUT2D eigenvalue weighted by atomic mass is 16.2. The molecule has 1 N–H and O–H groups in total. The summed E-state index contributed by atoms with van der Waals surface area (Å²) in [5, 5.41) is 2.30. The van der Waals surface area contributed by atoms with Crippen LogP contribution < -0.4 is 5.32 Å². The predicted molar refractivity (Wildman–Crippen MR) is 79.5 cm³/mol. The molecule has 0 unspecified atom stereocenters. The largest absolute Gasteiger partial charge is 0.322 e. The molecule has 3 amide bonds. The molecule has 1 aromatic rings. The van der Waals surface area contributed by atoms with Crippen LogP contribution in [0.2, 0.25) is 0 Å². The van der Waals surface area contributed by atoms with Gasteiger partial charge in [0.25, 0.3) is 5.91 Å². The van der Waals surface area contributed by atoms with Gasteiger partial charge in [-0.15, -0.1) is 0 Å². The van der Waals surface area contributed by atoms with Gasteiger partial charge in [0.05, 0.1) is 0 Å². The van der Waals surface area contributed by atoms with Crippen molar-refractivity contribution in [1.82, 2.24) is 10.2 Å². The van der Waals surface area contributed by atoms with Crippen molar-refractivity contribution in [1.29, 1.82) is 0 Å². The van der Waals surface area contributed by atoms with Crippen LogP contribution in [0.25, 0.3) is 0 Å². The number of hydrogen-bond acceptors (Lipinski definition) is 4. The van der Waals surface area contributed by atoms with Crippen LogP contribution in [0.5, 0.6) is 0 Å². The second-order valence-electron chi connectivity index (χ2n) is 6.39. The first-order chi connectivity index (χ1) is 11.0. The Hall–Kier alpha value is -2.50. The number of nitrogens with one attached hydrogen (secondary N) is 1. The third-order valence-electron chi connectivity index (χ3n) is 4.90. The molecule has 1 fully saturated rings. The first-order valence-electron chi connectivity index (χ1n) is 7.84. The summed E-state index contributed by atoms with van der Waals surface area (Å²) in [5.41, 5.74) is 3.55. The highest BCUT2D eigenvalue weighted by Crippen LogP contribution is 2.31. The molecule has 2 aliphatic heterocycles. The first kappa shape index (κ1) is 14.1. The zero-order valence-corrected chi connectivity index (χ0v) is 12.6. The molecule has 3 aliphatic rings. The van der Waals surface area contributed by atoms with E-state index in [1.807, 2.05) is 12.1 Å². The number of ketones is 1. The number of imide groups is 1. The second kappa shape index (κ2) is 5.01. The van der Waals surface area contributed by atoms with Crippen molar-refractivity contribution in [3.63, 3.8) is 0 Å². The molecule has 6 nitrogen and oxygen atoms in total. The standard InChI is InChI=1S/C17H16N2O4/c20-12-2-1-9-5-11-8-19(14-3-4-15(21)18-16(14)22)17(23)13(11)7-10(9)6-12/h5,7,14H,1-4,6,8H2,(H,18,21,22)/t14-/m1/s1. The van der Waals surface area contributed by atoms with E-state index in [0.717, 1.165) is 16.7 Å². The van der Waals surface area contributed by atoms with E-state index in [0.29, 0.717) is 37.8 Å². The minimum Gasteiger partial charge on any atom is -0.322 e. The Labute approximate surface area is 132 Å². The van der Waals surface area contributed by atoms with Gasteiger partial charge in [-0.2, -0.15) is 0 Å². The second-order valence-corrected chi connectivity index (χ2v) is 6.39. The van der Waals surface area contributed by atoms with E-state index in [9.17, 15) is 19.2 Å². The normalized spacial score (nSPS) is 23.7. The van der Waals surface area contributed by atoms with Gasteiger partial charge in [0.2, 0.25) is 11.8 Å². The van der Waals surface area contributed by atoms with E-state index < -0.39 is 11.9 Å². The minimum atomic E-state index is -0.591. The van der Waals surface area contributed by atoms with Crippen LogP contribution >= 0.6 is 0 Å². The number of Topliss-reactive ketones (excluding diaryl/α,β-unsaturated/α-hetero) is 1. The molecule has 0 bridgehead atoms. The smallest absolute Gasteiger partial charge is 0.255 e. The summed E-state index contributed by atoms with van der Waals surface area (Å²) in [5.74, 6) is -0.674. The number of hydrogen-bond donors (Lipinski definition) is 1. The van der Waals surface area contributed by atoms with Gasteiger partial charge >= 0.3 is 0 Å². The number of fused-ring (bicyclic) bond motifs is 2. The van der Waals surface area contributed by atoms with E-state index >= 15 is 0 Å². The summed E-state index contributed by atoms with van der Waals surface area (Å²) in [6.45, 7) is 0.391. The maximum absolute atomic E-state index is 12.7. The quantitative estimate of drug-likeness (QED) is 0.766. The summed E-state index contributed by atoms with van der Waals surface area (Å²) >= 11 is 0. The van der Waals surface area contributed by atoms with Gasteiger partial charge in [-0.05, 0) is 35.6 Å². The molecule has 0 saturated carbocycles. The zero-order chi connectivity index (χ0) is 16.1. The molecule has 1 saturated heterocycles. The lowest BCUT2D eigenvalue weighted by atomic mass is 9.88. The molecule has 0 aromatic heterocycles. The summed E-state index contributed by atoms with van der Waals surface area (Å²) < 4.78 is 0. The maximum atomic E-state index is 12.7. The number of aryl methyl sites for hydroxylation is 1. The molecule has 4 rings (SSSR count). The lowest BCUT2D eigenvalue weighted by Crippen LogP contribution is -2.52. The van der Waals surface area contributed by atoms with Crippen LogP contribution in [0, 0.1) is 0 Å². The molecular formula is C17H16N2O4. The molecule has 1 atom stereocenters. The van der Waals surface area contributed by atoms with Crippen LogP contribution in [0.1, 0.15) is 46.3 Å². The van der Waals surface area contributed by atoms with Gasteiger partial charge in [-0.1, -0.05) is 6.07 Å². The van der Waals surface area contributed by atoms with Gasteiger partial charge in [0.1, 0.15) is 11.8 Å². The van der Waals surface area contributed by atoms with Crippen LogP contribution in [0.4, 0.5) is 0 Å². The Bertz CT molecular complexity index is 768. The highest BCUT2D eigenvalue weighted by molar-refractivity contribution is 6.05. The van der Waals surface area contributed by atoms with Crippen molar-refractivity contribution in [2.24, 2.45) is 0 Å². The zero-order valence-electron chi connectivity index (χ0n) is 12.6. The number of carbonyl (C=O) groups excluding carboxylic acids is 4.